The van der Waals surface area contributed by atoms with Crippen LogP contribution in [0.1, 0.15) is 5.89 Å². The van der Waals surface area contributed by atoms with E-state index >= 15 is 0 Å². The number of aliphatic hydroxyl groups is 1. The van der Waals surface area contributed by atoms with Gasteiger partial charge in [0.1, 0.15) is 0 Å². The summed E-state index contributed by atoms with van der Waals surface area (Å²) >= 11 is 1.55. The van der Waals surface area contributed by atoms with E-state index < -0.39 is 6.10 Å². The van der Waals surface area contributed by atoms with Crippen molar-refractivity contribution in [1.29, 1.82) is 0 Å². The predicted octanol–water partition coefficient (Wildman–Crippen LogP) is 1.35. The van der Waals surface area contributed by atoms with Gasteiger partial charge in [-0.25, -0.2) is 0 Å². The van der Waals surface area contributed by atoms with Gasteiger partial charge in [0.2, 0.25) is 11.7 Å². The first-order chi connectivity index (χ1) is 7.79. The first-order valence-electron chi connectivity index (χ1n) is 4.83. The lowest BCUT2D eigenvalue weighted by molar-refractivity contribution is 0.0599. The average Bonchev–Trinajstić information content (AvgIpc) is 2.86. The quantitative estimate of drug-likeness (QED) is 0.854. The molecule has 0 radical (unpaired) electrons. The number of thiophene rings is 1. The number of aromatic nitrogens is 2. The van der Waals surface area contributed by atoms with Gasteiger partial charge in [-0.3, -0.25) is 0 Å². The Morgan fingerprint density at radius 3 is 3.19 bits per heavy atom. The van der Waals surface area contributed by atoms with Gasteiger partial charge < -0.3 is 14.4 Å². The van der Waals surface area contributed by atoms with Gasteiger partial charge in [-0.2, -0.15) is 4.98 Å². The SMILES string of the molecule is COCC(O)Cc1nc(-c2cccs2)no1. The van der Waals surface area contributed by atoms with E-state index in [2.05, 4.69) is 10.1 Å². The second kappa shape index (κ2) is 5.20. The number of hydrogen-bond donors (Lipinski definition) is 1. The van der Waals surface area contributed by atoms with Crippen LogP contribution in [0.5, 0.6) is 0 Å². The largest absolute Gasteiger partial charge is 0.390 e. The van der Waals surface area contributed by atoms with Crippen LogP contribution in [0.25, 0.3) is 10.7 Å². The van der Waals surface area contributed by atoms with E-state index in [4.69, 9.17) is 9.26 Å². The Morgan fingerprint density at radius 2 is 2.50 bits per heavy atom. The van der Waals surface area contributed by atoms with Gasteiger partial charge in [-0.05, 0) is 11.4 Å². The van der Waals surface area contributed by atoms with Gasteiger partial charge in [0.05, 0.1) is 24.0 Å². The minimum absolute atomic E-state index is 0.261. The number of methoxy groups -OCH3 is 1. The minimum atomic E-state index is -0.610. The standard InChI is InChI=1S/C10H12N2O3S/c1-14-6-7(13)5-9-11-10(12-15-9)8-3-2-4-16-8/h2-4,7,13H,5-6H2,1H3. The van der Waals surface area contributed by atoms with Crippen LogP contribution in [-0.2, 0) is 11.2 Å². The lowest BCUT2D eigenvalue weighted by Gasteiger charge is -2.04. The molecule has 0 saturated heterocycles. The molecule has 0 aliphatic carbocycles. The molecule has 0 spiro atoms. The number of aliphatic hydroxyl groups excluding tert-OH is 1. The summed E-state index contributed by atoms with van der Waals surface area (Å²) in [4.78, 5) is 5.15. The molecule has 2 rings (SSSR count). The molecule has 1 unspecified atom stereocenters. The Balaban J connectivity index is 2.03. The molecule has 16 heavy (non-hydrogen) atoms. The van der Waals surface area contributed by atoms with Gasteiger partial charge >= 0.3 is 0 Å². The normalized spacial score (nSPS) is 12.9. The highest BCUT2D eigenvalue weighted by atomic mass is 32.1. The topological polar surface area (TPSA) is 68.4 Å². The smallest absolute Gasteiger partial charge is 0.229 e. The van der Waals surface area contributed by atoms with Crippen LogP contribution >= 0.6 is 11.3 Å². The van der Waals surface area contributed by atoms with Crippen molar-refractivity contribution >= 4 is 11.3 Å². The van der Waals surface area contributed by atoms with Crippen LogP contribution in [0.2, 0.25) is 0 Å². The second-order valence-corrected chi connectivity index (χ2v) is 4.25. The summed E-state index contributed by atoms with van der Waals surface area (Å²) in [6.07, 6.45) is -0.298. The maximum atomic E-state index is 9.49. The van der Waals surface area contributed by atoms with E-state index in [-0.39, 0.29) is 6.61 Å². The second-order valence-electron chi connectivity index (χ2n) is 3.30. The molecule has 0 aliphatic rings. The molecule has 2 heterocycles. The van der Waals surface area contributed by atoms with E-state index in [0.29, 0.717) is 18.1 Å². The Bertz CT molecular complexity index is 427. The molecule has 6 heteroatoms. The molecule has 0 amide bonds. The van der Waals surface area contributed by atoms with Crippen molar-refractivity contribution in [2.24, 2.45) is 0 Å². The number of nitrogens with zero attached hydrogens (tertiary/aromatic N) is 2. The Hall–Kier alpha value is -1.24. The van der Waals surface area contributed by atoms with Crippen LogP contribution in [-0.4, -0.2) is 35.1 Å². The highest BCUT2D eigenvalue weighted by Gasteiger charge is 2.13. The molecule has 2 aromatic rings. The first kappa shape index (κ1) is 11.3. The average molecular weight is 240 g/mol. The zero-order valence-corrected chi connectivity index (χ0v) is 9.61. The molecule has 0 aromatic carbocycles. The summed E-state index contributed by atoms with van der Waals surface area (Å²) in [5.74, 6) is 0.988. The third-order valence-electron chi connectivity index (χ3n) is 1.98. The van der Waals surface area contributed by atoms with Gasteiger partial charge in [-0.1, -0.05) is 11.2 Å². The molecule has 1 N–H and O–H groups in total. The fraction of sp³-hybridized carbons (Fsp3) is 0.400. The molecule has 0 bridgehead atoms. The number of ether oxygens (including phenoxy) is 1. The summed E-state index contributed by atoms with van der Waals surface area (Å²) < 4.78 is 9.85. The van der Waals surface area contributed by atoms with Crippen molar-refractivity contribution in [3.8, 4) is 10.7 Å². The third kappa shape index (κ3) is 2.66. The van der Waals surface area contributed by atoms with Gasteiger partial charge in [0.25, 0.3) is 0 Å². The van der Waals surface area contributed by atoms with Crippen LogP contribution in [0.4, 0.5) is 0 Å². The van der Waals surface area contributed by atoms with Crippen molar-refractivity contribution in [1.82, 2.24) is 10.1 Å². The fourth-order valence-corrected chi connectivity index (χ4v) is 1.95. The summed E-state index contributed by atoms with van der Waals surface area (Å²) in [7, 11) is 1.54. The molecule has 1 atom stereocenters. The third-order valence-corrected chi connectivity index (χ3v) is 2.84. The van der Waals surface area contributed by atoms with Crippen LogP contribution < -0.4 is 0 Å². The molecule has 0 aliphatic heterocycles. The molecule has 2 aromatic heterocycles. The fourth-order valence-electron chi connectivity index (χ4n) is 1.30. The van der Waals surface area contributed by atoms with Crippen LogP contribution in [0.3, 0.4) is 0 Å². The van der Waals surface area contributed by atoms with Gasteiger partial charge in [0, 0.05) is 7.11 Å². The zero-order chi connectivity index (χ0) is 11.4. The van der Waals surface area contributed by atoms with Crippen molar-refractivity contribution in [2.75, 3.05) is 13.7 Å². The Kier molecular flexibility index (Phi) is 3.66. The van der Waals surface area contributed by atoms with E-state index in [9.17, 15) is 5.11 Å². The predicted molar refractivity (Wildman–Crippen MR) is 59.2 cm³/mol. The van der Waals surface area contributed by atoms with Crippen LogP contribution in [0, 0.1) is 0 Å². The van der Waals surface area contributed by atoms with E-state index in [1.807, 2.05) is 17.5 Å². The van der Waals surface area contributed by atoms with E-state index in [1.54, 1.807) is 11.3 Å². The lowest BCUT2D eigenvalue weighted by atomic mass is 10.3. The van der Waals surface area contributed by atoms with Gasteiger partial charge in [0.15, 0.2) is 0 Å². The summed E-state index contributed by atoms with van der Waals surface area (Å²) in [6, 6.07) is 3.85. The monoisotopic (exact) mass is 240 g/mol. The van der Waals surface area contributed by atoms with Crippen molar-refractivity contribution in [3.63, 3.8) is 0 Å². The Morgan fingerprint density at radius 1 is 1.62 bits per heavy atom. The zero-order valence-electron chi connectivity index (χ0n) is 8.79. The number of rotatable bonds is 5. The van der Waals surface area contributed by atoms with E-state index in [1.165, 1.54) is 7.11 Å². The van der Waals surface area contributed by atoms with Crippen molar-refractivity contribution in [2.45, 2.75) is 12.5 Å². The van der Waals surface area contributed by atoms with Crippen molar-refractivity contribution < 1.29 is 14.4 Å². The summed E-state index contributed by atoms with van der Waals surface area (Å²) in [5, 5.41) is 15.3. The van der Waals surface area contributed by atoms with Gasteiger partial charge in [-0.15, -0.1) is 11.3 Å². The highest BCUT2D eigenvalue weighted by Crippen LogP contribution is 2.21. The minimum Gasteiger partial charge on any atom is -0.390 e. The summed E-state index contributed by atoms with van der Waals surface area (Å²) in [5.41, 5.74) is 0. The molecular formula is C10H12N2O3S. The molecular weight excluding hydrogens is 228 g/mol. The lowest BCUT2D eigenvalue weighted by Crippen LogP contribution is -2.17. The molecule has 86 valence electrons. The maximum absolute atomic E-state index is 9.49. The first-order valence-corrected chi connectivity index (χ1v) is 5.71. The molecule has 5 nitrogen and oxygen atoms in total. The maximum Gasteiger partial charge on any atom is 0.229 e. The molecule has 0 fully saturated rings. The van der Waals surface area contributed by atoms with Crippen LogP contribution in [0.15, 0.2) is 22.0 Å². The Labute approximate surface area is 96.7 Å². The highest BCUT2D eigenvalue weighted by molar-refractivity contribution is 7.13. The van der Waals surface area contributed by atoms with Crippen molar-refractivity contribution in [3.05, 3.63) is 23.4 Å². The molecule has 0 saturated carbocycles. The number of hydrogen-bond acceptors (Lipinski definition) is 6. The van der Waals surface area contributed by atoms with E-state index in [0.717, 1.165) is 4.88 Å². The summed E-state index contributed by atoms with van der Waals surface area (Å²) in [6.45, 7) is 0.261.